The minimum absolute atomic E-state index is 0.134. The summed E-state index contributed by atoms with van der Waals surface area (Å²) in [5.74, 6) is -4.11. The SMILES string of the molecule is Oc1c(F)cc(CC2CCCN2)c(O)c1F. The van der Waals surface area contributed by atoms with Crippen LogP contribution in [0.3, 0.4) is 0 Å². The van der Waals surface area contributed by atoms with Gasteiger partial charge in [0.2, 0.25) is 5.82 Å². The van der Waals surface area contributed by atoms with Crippen LogP contribution in [0.1, 0.15) is 18.4 Å². The highest BCUT2D eigenvalue weighted by Crippen LogP contribution is 2.32. The number of nitrogens with one attached hydrogen (secondary N) is 1. The van der Waals surface area contributed by atoms with E-state index in [2.05, 4.69) is 5.32 Å². The van der Waals surface area contributed by atoms with E-state index >= 15 is 0 Å². The number of halogens is 2. The van der Waals surface area contributed by atoms with E-state index in [0.717, 1.165) is 25.5 Å². The van der Waals surface area contributed by atoms with Crippen molar-refractivity contribution in [3.8, 4) is 11.5 Å². The highest BCUT2D eigenvalue weighted by Gasteiger charge is 2.21. The molecule has 0 aliphatic carbocycles. The maximum atomic E-state index is 13.2. The molecule has 0 spiro atoms. The van der Waals surface area contributed by atoms with E-state index in [1.165, 1.54) is 0 Å². The first-order valence-electron chi connectivity index (χ1n) is 5.21. The molecule has 1 fully saturated rings. The predicted octanol–water partition coefficient (Wildman–Crippen LogP) is 1.67. The molecule has 1 saturated heterocycles. The molecule has 16 heavy (non-hydrogen) atoms. The molecule has 0 bridgehead atoms. The second-order valence-corrected chi connectivity index (χ2v) is 4.03. The lowest BCUT2D eigenvalue weighted by atomic mass is 10.0. The van der Waals surface area contributed by atoms with Crippen LogP contribution in [0.15, 0.2) is 6.07 Å². The molecule has 1 atom stereocenters. The number of hydrogen-bond donors (Lipinski definition) is 3. The predicted molar refractivity (Wildman–Crippen MR) is 54.4 cm³/mol. The van der Waals surface area contributed by atoms with Gasteiger partial charge in [0.1, 0.15) is 0 Å². The lowest BCUT2D eigenvalue weighted by Gasteiger charge is -2.12. The third kappa shape index (κ3) is 1.95. The van der Waals surface area contributed by atoms with E-state index in [-0.39, 0.29) is 11.6 Å². The molecule has 0 radical (unpaired) electrons. The van der Waals surface area contributed by atoms with Crippen LogP contribution in [0.2, 0.25) is 0 Å². The quantitative estimate of drug-likeness (QED) is 0.723. The topological polar surface area (TPSA) is 52.5 Å². The molecule has 3 nitrogen and oxygen atoms in total. The van der Waals surface area contributed by atoms with Crippen LogP contribution in [0.4, 0.5) is 8.78 Å². The highest BCUT2D eigenvalue weighted by molar-refractivity contribution is 5.42. The Labute approximate surface area is 91.7 Å². The summed E-state index contributed by atoms with van der Waals surface area (Å²) in [6.45, 7) is 0.883. The molecular weight excluding hydrogens is 216 g/mol. The fraction of sp³-hybridized carbons (Fsp3) is 0.455. The van der Waals surface area contributed by atoms with Crippen LogP contribution in [-0.4, -0.2) is 22.8 Å². The number of phenolic OH excluding ortho intramolecular Hbond substituents is 2. The van der Waals surface area contributed by atoms with Crippen LogP contribution < -0.4 is 5.32 Å². The number of aromatic hydroxyl groups is 2. The fourth-order valence-electron chi connectivity index (χ4n) is 2.00. The monoisotopic (exact) mass is 229 g/mol. The Kier molecular flexibility index (Phi) is 2.96. The normalized spacial score (nSPS) is 20.2. The maximum absolute atomic E-state index is 13.2. The van der Waals surface area contributed by atoms with Crippen LogP contribution >= 0.6 is 0 Å². The summed E-state index contributed by atoms with van der Waals surface area (Å²) in [6.07, 6.45) is 2.30. The molecule has 88 valence electrons. The zero-order valence-corrected chi connectivity index (χ0v) is 8.63. The fourth-order valence-corrected chi connectivity index (χ4v) is 2.00. The van der Waals surface area contributed by atoms with Gasteiger partial charge in [0, 0.05) is 11.6 Å². The average molecular weight is 229 g/mol. The van der Waals surface area contributed by atoms with Gasteiger partial charge in [-0.1, -0.05) is 0 Å². The second-order valence-electron chi connectivity index (χ2n) is 4.03. The first kappa shape index (κ1) is 11.1. The van der Waals surface area contributed by atoms with Gasteiger partial charge in [0.25, 0.3) is 0 Å². The van der Waals surface area contributed by atoms with E-state index in [9.17, 15) is 13.9 Å². The van der Waals surface area contributed by atoms with Crippen LogP contribution in [-0.2, 0) is 6.42 Å². The first-order chi connectivity index (χ1) is 7.59. The van der Waals surface area contributed by atoms with Crippen LogP contribution in [0.25, 0.3) is 0 Å². The van der Waals surface area contributed by atoms with E-state index in [1.807, 2.05) is 0 Å². The Balaban J connectivity index is 2.26. The van der Waals surface area contributed by atoms with Crippen molar-refractivity contribution in [1.82, 2.24) is 5.32 Å². The van der Waals surface area contributed by atoms with Crippen molar-refractivity contribution < 1.29 is 19.0 Å². The smallest absolute Gasteiger partial charge is 0.209 e. The molecule has 1 aromatic rings. The molecule has 0 saturated carbocycles. The lowest BCUT2D eigenvalue weighted by Crippen LogP contribution is -2.23. The summed E-state index contributed by atoms with van der Waals surface area (Å²) in [5.41, 5.74) is 0.187. The standard InChI is InChI=1S/C11H13F2NO2/c12-8-5-6(4-7-2-1-3-14-7)10(15)9(13)11(8)16/h5,7,14-16H,1-4H2. The van der Waals surface area contributed by atoms with E-state index in [0.29, 0.717) is 6.42 Å². The molecule has 5 heteroatoms. The molecule has 2 rings (SSSR count). The number of hydrogen-bond acceptors (Lipinski definition) is 3. The van der Waals surface area contributed by atoms with E-state index < -0.39 is 23.1 Å². The molecule has 1 heterocycles. The van der Waals surface area contributed by atoms with Gasteiger partial charge in [-0.05, 0) is 31.9 Å². The number of rotatable bonds is 2. The maximum Gasteiger partial charge on any atom is 0.209 e. The summed E-state index contributed by atoms with van der Waals surface area (Å²) >= 11 is 0. The Morgan fingerprint density at radius 1 is 1.31 bits per heavy atom. The van der Waals surface area contributed by atoms with Gasteiger partial charge in [-0.2, -0.15) is 4.39 Å². The summed E-state index contributed by atoms with van der Waals surface area (Å²) < 4.78 is 26.2. The molecule has 1 aromatic carbocycles. The molecule has 0 amide bonds. The Morgan fingerprint density at radius 2 is 2.06 bits per heavy atom. The minimum Gasteiger partial charge on any atom is -0.505 e. The highest BCUT2D eigenvalue weighted by atomic mass is 19.1. The van der Waals surface area contributed by atoms with Crippen molar-refractivity contribution in [2.45, 2.75) is 25.3 Å². The first-order valence-corrected chi connectivity index (χ1v) is 5.21. The summed E-state index contributed by atoms with van der Waals surface area (Å²) in [6, 6.07) is 1.11. The Hall–Kier alpha value is -1.36. The largest absolute Gasteiger partial charge is 0.505 e. The molecule has 1 aliphatic heterocycles. The zero-order valence-electron chi connectivity index (χ0n) is 8.63. The van der Waals surface area contributed by atoms with Crippen molar-refractivity contribution in [3.05, 3.63) is 23.3 Å². The lowest BCUT2D eigenvalue weighted by molar-refractivity contribution is 0.361. The van der Waals surface area contributed by atoms with Gasteiger partial charge in [0.05, 0.1) is 0 Å². The molecular formula is C11H13F2NO2. The van der Waals surface area contributed by atoms with Gasteiger partial charge in [-0.15, -0.1) is 0 Å². The van der Waals surface area contributed by atoms with Crippen molar-refractivity contribution in [2.75, 3.05) is 6.54 Å². The van der Waals surface area contributed by atoms with Gasteiger partial charge < -0.3 is 15.5 Å². The molecule has 1 unspecified atom stereocenters. The Morgan fingerprint density at radius 3 is 2.69 bits per heavy atom. The summed E-state index contributed by atoms with van der Waals surface area (Å²) in [4.78, 5) is 0. The molecule has 3 N–H and O–H groups in total. The van der Waals surface area contributed by atoms with Crippen molar-refractivity contribution in [3.63, 3.8) is 0 Å². The van der Waals surface area contributed by atoms with Gasteiger partial charge >= 0.3 is 0 Å². The van der Waals surface area contributed by atoms with Gasteiger partial charge in [0.15, 0.2) is 17.3 Å². The molecule has 0 aromatic heterocycles. The van der Waals surface area contributed by atoms with Crippen molar-refractivity contribution in [2.24, 2.45) is 0 Å². The average Bonchev–Trinajstić information content (AvgIpc) is 2.76. The Bertz CT molecular complexity index is 403. The summed E-state index contributed by atoms with van der Waals surface area (Å²) in [7, 11) is 0. The van der Waals surface area contributed by atoms with Crippen LogP contribution in [0, 0.1) is 11.6 Å². The van der Waals surface area contributed by atoms with E-state index in [1.54, 1.807) is 0 Å². The number of benzene rings is 1. The third-order valence-electron chi connectivity index (χ3n) is 2.88. The third-order valence-corrected chi connectivity index (χ3v) is 2.88. The van der Waals surface area contributed by atoms with Crippen molar-refractivity contribution in [1.29, 1.82) is 0 Å². The van der Waals surface area contributed by atoms with E-state index in [4.69, 9.17) is 5.11 Å². The summed E-state index contributed by atoms with van der Waals surface area (Å²) in [5, 5.41) is 21.5. The minimum atomic E-state index is -1.28. The van der Waals surface area contributed by atoms with Crippen molar-refractivity contribution >= 4 is 0 Å². The van der Waals surface area contributed by atoms with Crippen LogP contribution in [0.5, 0.6) is 11.5 Å². The number of phenols is 2. The van der Waals surface area contributed by atoms with Gasteiger partial charge in [-0.3, -0.25) is 0 Å². The molecule has 1 aliphatic rings. The zero-order chi connectivity index (χ0) is 11.7. The second kappa shape index (κ2) is 4.25. The van der Waals surface area contributed by atoms with Gasteiger partial charge in [-0.25, -0.2) is 4.39 Å².